The zero-order chi connectivity index (χ0) is 15.5. The van der Waals surface area contributed by atoms with Crippen LogP contribution in [-0.4, -0.2) is 32.8 Å². The number of hydrogen-bond donors (Lipinski definition) is 2. The standard InChI is InChI=1S/C15H21N5O2/c1-3-12-14(10(2)22-19-12)18-15(21)20-7-5-4-6-13(20)11-8-16-17-9-11/h8-9,13H,3-7H2,1-2H3,(H,16,17)(H,18,21)/t13-/m0/s1. The van der Waals surface area contributed by atoms with Crippen LogP contribution in [0.15, 0.2) is 16.9 Å². The fourth-order valence-corrected chi connectivity index (χ4v) is 2.96. The molecule has 1 fully saturated rings. The molecule has 1 aliphatic rings. The molecule has 2 aromatic rings. The van der Waals surface area contributed by atoms with E-state index in [0.29, 0.717) is 11.4 Å². The lowest BCUT2D eigenvalue weighted by Crippen LogP contribution is -2.41. The van der Waals surface area contributed by atoms with Gasteiger partial charge >= 0.3 is 6.03 Å². The fraction of sp³-hybridized carbons (Fsp3) is 0.533. The van der Waals surface area contributed by atoms with Gasteiger partial charge in [-0.15, -0.1) is 0 Å². The third kappa shape index (κ3) is 2.70. The van der Waals surface area contributed by atoms with Crippen molar-refractivity contribution >= 4 is 11.7 Å². The van der Waals surface area contributed by atoms with Crippen molar-refractivity contribution in [3.63, 3.8) is 0 Å². The number of anilines is 1. The molecule has 0 aliphatic carbocycles. The first-order chi connectivity index (χ1) is 10.7. The van der Waals surface area contributed by atoms with Gasteiger partial charge in [0.1, 0.15) is 11.4 Å². The van der Waals surface area contributed by atoms with Crippen molar-refractivity contribution < 1.29 is 9.32 Å². The number of nitrogens with one attached hydrogen (secondary N) is 2. The van der Waals surface area contributed by atoms with Crippen LogP contribution >= 0.6 is 0 Å². The van der Waals surface area contributed by atoms with Crippen LogP contribution < -0.4 is 5.32 Å². The minimum atomic E-state index is -0.105. The number of rotatable bonds is 3. The van der Waals surface area contributed by atoms with Crippen molar-refractivity contribution in [1.82, 2.24) is 20.3 Å². The second kappa shape index (κ2) is 6.21. The molecule has 3 heterocycles. The molecule has 1 atom stereocenters. The molecule has 0 unspecified atom stereocenters. The van der Waals surface area contributed by atoms with E-state index in [4.69, 9.17) is 4.52 Å². The van der Waals surface area contributed by atoms with Crippen LogP contribution in [0.4, 0.5) is 10.5 Å². The highest BCUT2D eigenvalue weighted by Gasteiger charge is 2.29. The normalized spacial score (nSPS) is 18.5. The number of aryl methyl sites for hydroxylation is 2. The highest BCUT2D eigenvalue weighted by atomic mass is 16.5. The molecule has 7 nitrogen and oxygen atoms in total. The zero-order valence-electron chi connectivity index (χ0n) is 12.9. The maximum absolute atomic E-state index is 12.7. The number of urea groups is 1. The van der Waals surface area contributed by atoms with Gasteiger partial charge in [0.15, 0.2) is 5.76 Å². The number of carbonyl (C=O) groups excluding carboxylic acids is 1. The highest BCUT2D eigenvalue weighted by molar-refractivity contribution is 5.90. The van der Waals surface area contributed by atoms with Crippen molar-refractivity contribution in [1.29, 1.82) is 0 Å². The predicted octanol–water partition coefficient (Wildman–Crippen LogP) is 3.03. The Hall–Kier alpha value is -2.31. The van der Waals surface area contributed by atoms with E-state index < -0.39 is 0 Å². The first kappa shape index (κ1) is 14.6. The summed E-state index contributed by atoms with van der Waals surface area (Å²) in [4.78, 5) is 14.6. The Labute approximate surface area is 129 Å². The van der Waals surface area contributed by atoms with Gasteiger partial charge in [-0.1, -0.05) is 12.1 Å². The summed E-state index contributed by atoms with van der Waals surface area (Å²) in [6.07, 6.45) is 7.46. The third-order valence-corrected chi connectivity index (χ3v) is 4.17. The van der Waals surface area contributed by atoms with Gasteiger partial charge in [0.2, 0.25) is 0 Å². The quantitative estimate of drug-likeness (QED) is 0.912. The monoisotopic (exact) mass is 303 g/mol. The van der Waals surface area contributed by atoms with Crippen molar-refractivity contribution in [2.24, 2.45) is 0 Å². The summed E-state index contributed by atoms with van der Waals surface area (Å²) < 4.78 is 5.18. The molecule has 0 bridgehead atoms. The van der Waals surface area contributed by atoms with Crippen LogP contribution in [0.25, 0.3) is 0 Å². The van der Waals surface area contributed by atoms with Gasteiger partial charge in [0.25, 0.3) is 0 Å². The summed E-state index contributed by atoms with van der Waals surface area (Å²) in [5, 5.41) is 13.8. The Balaban J connectivity index is 1.79. The number of nitrogens with zero attached hydrogens (tertiary/aromatic N) is 3. The third-order valence-electron chi connectivity index (χ3n) is 4.17. The van der Waals surface area contributed by atoms with Gasteiger partial charge in [-0.05, 0) is 32.6 Å². The SMILES string of the molecule is CCc1noc(C)c1NC(=O)N1CCCC[C@H]1c1cn[nH]c1. The van der Waals surface area contributed by atoms with Gasteiger partial charge < -0.3 is 14.7 Å². The zero-order valence-corrected chi connectivity index (χ0v) is 12.9. The minimum absolute atomic E-state index is 0.0674. The molecule has 0 aromatic carbocycles. The summed E-state index contributed by atoms with van der Waals surface area (Å²) in [5.74, 6) is 0.641. The molecule has 118 valence electrons. The molecule has 2 N–H and O–H groups in total. The topological polar surface area (TPSA) is 87.1 Å². The van der Waals surface area contributed by atoms with E-state index in [1.165, 1.54) is 0 Å². The lowest BCUT2D eigenvalue weighted by molar-refractivity contribution is 0.163. The lowest BCUT2D eigenvalue weighted by atomic mass is 9.98. The number of aromatic amines is 1. The Kier molecular flexibility index (Phi) is 4.13. The number of carbonyl (C=O) groups is 1. The van der Waals surface area contributed by atoms with E-state index in [-0.39, 0.29) is 12.1 Å². The summed E-state index contributed by atoms with van der Waals surface area (Å²) >= 11 is 0. The number of amides is 2. The summed E-state index contributed by atoms with van der Waals surface area (Å²) in [5.41, 5.74) is 2.53. The van der Waals surface area contributed by atoms with E-state index in [0.717, 1.165) is 43.5 Å². The summed E-state index contributed by atoms with van der Waals surface area (Å²) in [6.45, 7) is 4.54. The largest absolute Gasteiger partial charge is 0.359 e. The molecule has 2 aromatic heterocycles. The van der Waals surface area contributed by atoms with Gasteiger partial charge in [0, 0.05) is 18.3 Å². The first-order valence-electron chi connectivity index (χ1n) is 7.72. The average molecular weight is 303 g/mol. The molecular formula is C15H21N5O2. The van der Waals surface area contributed by atoms with Crippen LogP contribution in [0.2, 0.25) is 0 Å². The smallest absolute Gasteiger partial charge is 0.322 e. The van der Waals surface area contributed by atoms with Crippen molar-refractivity contribution in [3.05, 3.63) is 29.4 Å². The molecule has 1 saturated heterocycles. The first-order valence-corrected chi connectivity index (χ1v) is 7.72. The van der Waals surface area contributed by atoms with E-state index in [1.54, 1.807) is 6.20 Å². The predicted molar refractivity (Wildman–Crippen MR) is 81.5 cm³/mol. The Morgan fingerprint density at radius 3 is 3.14 bits per heavy atom. The van der Waals surface area contributed by atoms with Gasteiger partial charge in [-0.3, -0.25) is 5.10 Å². The number of likely N-dealkylation sites (tertiary alicyclic amines) is 1. The van der Waals surface area contributed by atoms with E-state index in [2.05, 4.69) is 20.7 Å². The fourth-order valence-electron chi connectivity index (χ4n) is 2.96. The summed E-state index contributed by atoms with van der Waals surface area (Å²) in [6, 6.07) is -0.0374. The van der Waals surface area contributed by atoms with Crippen LogP contribution in [-0.2, 0) is 6.42 Å². The van der Waals surface area contributed by atoms with Crippen LogP contribution in [0.1, 0.15) is 49.2 Å². The van der Waals surface area contributed by atoms with Crippen LogP contribution in [0.3, 0.4) is 0 Å². The van der Waals surface area contributed by atoms with Crippen LogP contribution in [0, 0.1) is 6.92 Å². The Morgan fingerprint density at radius 1 is 1.55 bits per heavy atom. The van der Waals surface area contributed by atoms with Crippen LogP contribution in [0.5, 0.6) is 0 Å². The summed E-state index contributed by atoms with van der Waals surface area (Å²) in [7, 11) is 0. The molecule has 3 rings (SSSR count). The number of H-pyrrole nitrogens is 1. The van der Waals surface area contributed by atoms with Gasteiger partial charge in [-0.25, -0.2) is 4.79 Å². The lowest BCUT2D eigenvalue weighted by Gasteiger charge is -2.35. The second-order valence-corrected chi connectivity index (χ2v) is 5.58. The minimum Gasteiger partial charge on any atom is -0.359 e. The van der Waals surface area contributed by atoms with Gasteiger partial charge in [0.05, 0.1) is 12.2 Å². The number of hydrogen-bond acceptors (Lipinski definition) is 4. The maximum atomic E-state index is 12.7. The number of piperidine rings is 1. The van der Waals surface area contributed by atoms with Gasteiger partial charge in [-0.2, -0.15) is 5.10 Å². The Bertz CT molecular complexity index is 634. The van der Waals surface area contributed by atoms with Crippen molar-refractivity contribution in [3.8, 4) is 0 Å². The molecule has 0 spiro atoms. The molecule has 0 radical (unpaired) electrons. The molecule has 0 saturated carbocycles. The molecular weight excluding hydrogens is 282 g/mol. The average Bonchev–Trinajstić information content (AvgIpc) is 3.18. The van der Waals surface area contributed by atoms with E-state index >= 15 is 0 Å². The van der Waals surface area contributed by atoms with Crippen molar-refractivity contribution in [2.75, 3.05) is 11.9 Å². The molecule has 2 amide bonds. The van der Waals surface area contributed by atoms with E-state index in [9.17, 15) is 4.79 Å². The van der Waals surface area contributed by atoms with Crippen molar-refractivity contribution in [2.45, 2.75) is 45.6 Å². The Morgan fingerprint density at radius 2 is 2.41 bits per heavy atom. The second-order valence-electron chi connectivity index (χ2n) is 5.58. The molecule has 22 heavy (non-hydrogen) atoms. The highest BCUT2D eigenvalue weighted by Crippen LogP contribution is 2.31. The molecule has 7 heteroatoms. The van der Waals surface area contributed by atoms with E-state index in [1.807, 2.05) is 24.9 Å². The molecule has 1 aliphatic heterocycles. The number of aromatic nitrogens is 3. The maximum Gasteiger partial charge on any atom is 0.322 e.